The largest absolute Gasteiger partial charge is 0.378 e. The van der Waals surface area contributed by atoms with Gasteiger partial charge in [0.2, 0.25) is 0 Å². The fourth-order valence-corrected chi connectivity index (χ4v) is 6.70. The van der Waals surface area contributed by atoms with Crippen LogP contribution in [0.4, 0.5) is 0 Å². The monoisotopic (exact) mass is 489 g/mol. The molecule has 4 aliphatic carbocycles. The van der Waals surface area contributed by atoms with Gasteiger partial charge in [0.25, 0.3) is 0 Å². The van der Waals surface area contributed by atoms with Crippen LogP contribution in [0.1, 0.15) is 65.2 Å². The number of hydrogen-bond acceptors (Lipinski definition) is 3. The number of guanidine groups is 1. The Bertz CT molecular complexity index is 576. The van der Waals surface area contributed by atoms with Gasteiger partial charge >= 0.3 is 0 Å². The smallest absolute Gasteiger partial charge is 0.191 e. The highest BCUT2D eigenvalue weighted by atomic mass is 127. The number of rotatable bonds is 5. The summed E-state index contributed by atoms with van der Waals surface area (Å²) in [4.78, 5) is 4.81. The van der Waals surface area contributed by atoms with Crippen LogP contribution in [0.15, 0.2) is 4.99 Å². The summed E-state index contributed by atoms with van der Waals surface area (Å²) >= 11 is 0. The highest BCUT2D eigenvalue weighted by Gasteiger charge is 2.67. The Morgan fingerprint density at radius 3 is 2.44 bits per heavy atom. The molecule has 0 amide bonds. The Balaban J connectivity index is 0.00000180. The Kier molecular flexibility index (Phi) is 5.71. The van der Waals surface area contributed by atoms with Gasteiger partial charge in [-0.15, -0.1) is 24.0 Å². The standard InChI is InChI=1S/C21H35N3O2.HI/c1-3-22-19(23-15-13-16(25-4-2)20(15)8-5-9-20)24-17-14-7-12-26-18(14)21(17)10-6-11-21;/h14-18H,3-13H2,1-2H3,(H2,22,23,24);1H. The van der Waals surface area contributed by atoms with Crippen molar-refractivity contribution in [3.63, 3.8) is 0 Å². The molecule has 5 unspecified atom stereocenters. The first-order chi connectivity index (χ1) is 12.7. The molecular weight excluding hydrogens is 453 g/mol. The fourth-order valence-electron chi connectivity index (χ4n) is 6.70. The summed E-state index contributed by atoms with van der Waals surface area (Å²) < 4.78 is 12.1. The zero-order valence-corrected chi connectivity index (χ0v) is 19.2. The number of aliphatic imine (C=N–C) groups is 1. The van der Waals surface area contributed by atoms with Gasteiger partial charge in [0, 0.05) is 48.6 Å². The minimum absolute atomic E-state index is 0. The topological polar surface area (TPSA) is 54.9 Å². The number of halogens is 1. The summed E-state index contributed by atoms with van der Waals surface area (Å²) in [5.74, 6) is 1.73. The maximum absolute atomic E-state index is 6.08. The Morgan fingerprint density at radius 2 is 1.85 bits per heavy atom. The van der Waals surface area contributed by atoms with Crippen molar-refractivity contribution in [1.29, 1.82) is 0 Å². The molecule has 0 radical (unpaired) electrons. The van der Waals surface area contributed by atoms with Crippen molar-refractivity contribution in [2.24, 2.45) is 21.7 Å². The van der Waals surface area contributed by atoms with Crippen LogP contribution in [0.25, 0.3) is 0 Å². The average Bonchev–Trinajstić information content (AvgIpc) is 2.93. The van der Waals surface area contributed by atoms with Crippen molar-refractivity contribution in [2.75, 3.05) is 19.8 Å². The number of ether oxygens (including phenoxy) is 2. The molecular formula is C21H36IN3O2. The lowest BCUT2D eigenvalue weighted by molar-refractivity contribution is -0.174. The van der Waals surface area contributed by atoms with E-state index in [0.717, 1.165) is 32.1 Å². The first-order valence-corrected chi connectivity index (χ1v) is 11.0. The van der Waals surface area contributed by atoms with E-state index in [-0.39, 0.29) is 24.0 Å². The maximum atomic E-state index is 6.08. The van der Waals surface area contributed by atoms with Crippen molar-refractivity contribution in [3.8, 4) is 0 Å². The molecule has 2 N–H and O–H groups in total. The molecule has 154 valence electrons. The van der Waals surface area contributed by atoms with Crippen LogP contribution >= 0.6 is 24.0 Å². The summed E-state index contributed by atoms with van der Waals surface area (Å²) in [5, 5.41) is 7.69. The van der Waals surface area contributed by atoms with E-state index in [1.165, 1.54) is 44.9 Å². The van der Waals surface area contributed by atoms with Gasteiger partial charge in [-0.1, -0.05) is 12.8 Å². The first-order valence-electron chi connectivity index (χ1n) is 11.0. The van der Waals surface area contributed by atoms with Gasteiger partial charge in [-0.25, -0.2) is 0 Å². The van der Waals surface area contributed by atoms with E-state index in [1.54, 1.807) is 0 Å². The number of nitrogens with one attached hydrogen (secondary N) is 2. The third kappa shape index (κ3) is 2.87. The van der Waals surface area contributed by atoms with Gasteiger partial charge in [0.05, 0.1) is 12.2 Å². The molecule has 0 aromatic heterocycles. The highest BCUT2D eigenvalue weighted by molar-refractivity contribution is 14.0. The minimum atomic E-state index is 0. The first kappa shape index (κ1) is 20.2. The quantitative estimate of drug-likeness (QED) is 0.353. The third-order valence-corrected chi connectivity index (χ3v) is 8.39. The average molecular weight is 489 g/mol. The van der Waals surface area contributed by atoms with Crippen molar-refractivity contribution in [2.45, 2.75) is 89.5 Å². The van der Waals surface area contributed by atoms with Crippen molar-refractivity contribution < 1.29 is 9.47 Å². The molecule has 1 saturated heterocycles. The van der Waals surface area contributed by atoms with Crippen LogP contribution in [-0.2, 0) is 9.47 Å². The van der Waals surface area contributed by atoms with Crippen LogP contribution in [0.2, 0.25) is 0 Å². The Hall–Kier alpha value is -0.0800. The Morgan fingerprint density at radius 1 is 1.11 bits per heavy atom. The maximum Gasteiger partial charge on any atom is 0.191 e. The van der Waals surface area contributed by atoms with Crippen LogP contribution < -0.4 is 10.6 Å². The number of fused-ring (bicyclic) bond motifs is 2. The fraction of sp³-hybridized carbons (Fsp3) is 0.952. The van der Waals surface area contributed by atoms with Crippen molar-refractivity contribution in [3.05, 3.63) is 0 Å². The van der Waals surface area contributed by atoms with E-state index in [2.05, 4.69) is 24.5 Å². The lowest BCUT2D eigenvalue weighted by Crippen LogP contribution is -2.74. The summed E-state index contributed by atoms with van der Waals surface area (Å²) in [6.45, 7) is 6.86. The van der Waals surface area contributed by atoms with Crippen LogP contribution in [0.5, 0.6) is 0 Å². The van der Waals surface area contributed by atoms with Gasteiger partial charge in [-0.2, -0.15) is 0 Å². The zero-order valence-electron chi connectivity index (χ0n) is 16.8. The van der Waals surface area contributed by atoms with Gasteiger partial charge < -0.3 is 20.1 Å². The Labute approximate surface area is 180 Å². The van der Waals surface area contributed by atoms with E-state index >= 15 is 0 Å². The zero-order chi connectivity index (χ0) is 17.8. The molecule has 6 heteroatoms. The lowest BCUT2D eigenvalue weighted by atomic mass is 9.46. The van der Waals surface area contributed by atoms with Crippen molar-refractivity contribution >= 4 is 29.9 Å². The SMILES string of the molecule is CCN=C(NC1CC(OCC)C12CCC2)NC1C2CCOC2C12CCC2.I. The van der Waals surface area contributed by atoms with E-state index < -0.39 is 0 Å². The molecule has 5 aliphatic rings. The summed E-state index contributed by atoms with van der Waals surface area (Å²) in [5.41, 5.74) is 0.776. The lowest BCUT2D eigenvalue weighted by Gasteiger charge is -2.64. The second-order valence-corrected chi connectivity index (χ2v) is 9.24. The van der Waals surface area contributed by atoms with E-state index in [4.69, 9.17) is 14.5 Å². The second kappa shape index (κ2) is 7.63. The molecule has 1 aliphatic heterocycles. The molecule has 2 spiro atoms. The van der Waals surface area contributed by atoms with Gasteiger partial charge in [0.15, 0.2) is 5.96 Å². The predicted octanol–water partition coefficient (Wildman–Crippen LogP) is 3.46. The van der Waals surface area contributed by atoms with E-state index in [9.17, 15) is 0 Å². The molecule has 0 bridgehead atoms. The van der Waals surface area contributed by atoms with Crippen LogP contribution in [-0.4, -0.2) is 50.0 Å². The molecule has 5 nitrogen and oxygen atoms in total. The number of nitrogens with zero attached hydrogens (tertiary/aromatic N) is 1. The minimum Gasteiger partial charge on any atom is -0.378 e. The number of hydrogen-bond donors (Lipinski definition) is 2. The van der Waals surface area contributed by atoms with Crippen LogP contribution in [0.3, 0.4) is 0 Å². The van der Waals surface area contributed by atoms with E-state index in [0.29, 0.717) is 41.0 Å². The van der Waals surface area contributed by atoms with Crippen molar-refractivity contribution in [1.82, 2.24) is 10.6 Å². The summed E-state index contributed by atoms with van der Waals surface area (Å²) in [6.07, 6.45) is 11.3. The summed E-state index contributed by atoms with van der Waals surface area (Å²) in [6, 6.07) is 1.08. The molecule has 4 saturated carbocycles. The highest BCUT2D eigenvalue weighted by Crippen LogP contribution is 2.63. The molecule has 1 heterocycles. The second-order valence-electron chi connectivity index (χ2n) is 9.24. The molecule has 5 fully saturated rings. The third-order valence-electron chi connectivity index (χ3n) is 8.39. The van der Waals surface area contributed by atoms with Gasteiger partial charge in [-0.05, 0) is 52.4 Å². The van der Waals surface area contributed by atoms with Crippen LogP contribution in [0, 0.1) is 16.7 Å². The normalized spacial score (nSPS) is 40.1. The summed E-state index contributed by atoms with van der Waals surface area (Å²) in [7, 11) is 0. The predicted molar refractivity (Wildman–Crippen MR) is 118 cm³/mol. The van der Waals surface area contributed by atoms with Gasteiger partial charge in [-0.3, -0.25) is 4.99 Å². The van der Waals surface area contributed by atoms with E-state index in [1.807, 2.05) is 0 Å². The molecule has 5 rings (SSSR count). The molecule has 0 aromatic carbocycles. The van der Waals surface area contributed by atoms with Gasteiger partial charge in [0.1, 0.15) is 0 Å². The molecule has 27 heavy (non-hydrogen) atoms. The molecule has 5 atom stereocenters. The molecule has 0 aromatic rings.